The molecule has 2 nitrogen and oxygen atoms in total. The van der Waals surface area contributed by atoms with E-state index in [0.717, 1.165) is 12.1 Å². The van der Waals surface area contributed by atoms with Gasteiger partial charge in [0, 0.05) is 11.3 Å². The van der Waals surface area contributed by atoms with E-state index >= 15 is 0 Å². The summed E-state index contributed by atoms with van der Waals surface area (Å²) in [4.78, 5) is 0. The van der Waals surface area contributed by atoms with E-state index < -0.39 is 8.32 Å². The summed E-state index contributed by atoms with van der Waals surface area (Å²) in [5.41, 5.74) is 8.02. The summed E-state index contributed by atoms with van der Waals surface area (Å²) in [5, 5.41) is 0. The first-order valence-electron chi connectivity index (χ1n) is 5.61. The van der Waals surface area contributed by atoms with Gasteiger partial charge in [-0.1, -0.05) is 24.6 Å². The molecule has 0 aromatic heterocycles. The van der Waals surface area contributed by atoms with Crippen LogP contribution in [0.4, 0.5) is 5.69 Å². The summed E-state index contributed by atoms with van der Waals surface area (Å²) in [6.07, 6.45) is 2.63. The van der Waals surface area contributed by atoms with Gasteiger partial charge >= 0.3 is 0 Å². The van der Waals surface area contributed by atoms with E-state index in [-0.39, 0.29) is 6.10 Å². The van der Waals surface area contributed by atoms with Crippen molar-refractivity contribution in [3.63, 3.8) is 0 Å². The lowest BCUT2D eigenvalue weighted by Gasteiger charge is -2.35. The molecule has 82 valence electrons. The van der Waals surface area contributed by atoms with Crippen molar-refractivity contribution in [1.82, 2.24) is 0 Å². The Hall–Kier alpha value is -0.803. The van der Waals surface area contributed by atoms with Crippen LogP contribution in [0.25, 0.3) is 0 Å². The Balaban J connectivity index is 2.21. The van der Waals surface area contributed by atoms with Gasteiger partial charge in [-0.3, -0.25) is 0 Å². The molecule has 1 aromatic carbocycles. The molecular weight excluding hydrogens is 202 g/mol. The predicted octanol–water partition coefficient (Wildman–Crippen LogP) is 3.33. The van der Waals surface area contributed by atoms with E-state index in [1.807, 2.05) is 18.2 Å². The van der Waals surface area contributed by atoms with Crippen LogP contribution < -0.4 is 5.73 Å². The van der Waals surface area contributed by atoms with Crippen molar-refractivity contribution >= 4 is 14.0 Å². The van der Waals surface area contributed by atoms with E-state index in [4.69, 9.17) is 10.2 Å². The first-order chi connectivity index (χ1) is 7.08. The van der Waals surface area contributed by atoms with Crippen LogP contribution in [0.3, 0.4) is 0 Å². The van der Waals surface area contributed by atoms with Gasteiger partial charge in [0.15, 0.2) is 8.32 Å². The lowest BCUT2D eigenvalue weighted by Crippen LogP contribution is -2.35. The fourth-order valence-corrected chi connectivity index (χ4v) is 4.43. The Morgan fingerprint density at radius 2 is 2.07 bits per heavy atom. The molecule has 0 spiro atoms. The third-order valence-electron chi connectivity index (χ3n) is 3.05. The molecule has 0 amide bonds. The first kappa shape index (κ1) is 10.7. The second kappa shape index (κ2) is 3.98. The smallest absolute Gasteiger partial charge is 0.187 e. The molecule has 0 bridgehead atoms. The Labute approximate surface area is 92.6 Å². The number of nitrogen functional groups attached to an aromatic ring is 1. The van der Waals surface area contributed by atoms with Crippen LogP contribution in [0.5, 0.6) is 0 Å². The van der Waals surface area contributed by atoms with Crippen LogP contribution in [-0.2, 0) is 4.43 Å². The maximum atomic E-state index is 6.20. The van der Waals surface area contributed by atoms with Gasteiger partial charge < -0.3 is 10.2 Å². The second-order valence-electron chi connectivity index (χ2n) is 4.89. The van der Waals surface area contributed by atoms with Crippen molar-refractivity contribution in [3.05, 3.63) is 29.8 Å². The van der Waals surface area contributed by atoms with Crippen LogP contribution in [0.1, 0.15) is 24.5 Å². The van der Waals surface area contributed by atoms with Gasteiger partial charge in [-0.2, -0.15) is 0 Å². The Bertz CT molecular complexity index is 351. The lowest BCUT2D eigenvalue weighted by molar-refractivity contribution is 0.164. The maximum Gasteiger partial charge on any atom is 0.187 e. The zero-order valence-corrected chi connectivity index (χ0v) is 10.5. The minimum absolute atomic E-state index is 0.238. The minimum atomic E-state index is -1.41. The topological polar surface area (TPSA) is 35.2 Å². The van der Waals surface area contributed by atoms with Crippen molar-refractivity contribution in [3.8, 4) is 0 Å². The molecule has 15 heavy (non-hydrogen) atoms. The van der Waals surface area contributed by atoms with E-state index in [1.165, 1.54) is 18.0 Å². The standard InChI is InChI=1S/C12H19NOSi/c1-15(2)9-5-8-12(14-15)10-6-3-4-7-11(10)13/h3-4,6-7,12H,5,8-9,13H2,1-2H3. The number of nitrogens with two attached hydrogens (primary N) is 1. The fraction of sp³-hybridized carbons (Fsp3) is 0.500. The van der Waals surface area contributed by atoms with Crippen molar-refractivity contribution in [2.45, 2.75) is 38.1 Å². The summed E-state index contributed by atoms with van der Waals surface area (Å²) in [6, 6.07) is 9.34. The van der Waals surface area contributed by atoms with Crippen molar-refractivity contribution in [2.75, 3.05) is 5.73 Å². The third kappa shape index (κ3) is 2.41. The number of hydrogen-bond donors (Lipinski definition) is 1. The fourth-order valence-electron chi connectivity index (χ4n) is 2.24. The largest absolute Gasteiger partial charge is 0.410 e. The van der Waals surface area contributed by atoms with Crippen LogP contribution in [0.15, 0.2) is 24.3 Å². The van der Waals surface area contributed by atoms with E-state index in [2.05, 4.69) is 19.2 Å². The zero-order valence-electron chi connectivity index (χ0n) is 9.49. The second-order valence-corrected chi connectivity index (χ2v) is 9.14. The SMILES string of the molecule is C[Si]1(C)CCCC(c2ccccc2N)O1. The van der Waals surface area contributed by atoms with Crippen LogP contribution in [0.2, 0.25) is 19.1 Å². The van der Waals surface area contributed by atoms with Gasteiger partial charge in [0.05, 0.1) is 6.10 Å². The van der Waals surface area contributed by atoms with E-state index in [9.17, 15) is 0 Å². The predicted molar refractivity (Wildman–Crippen MR) is 66.2 cm³/mol. The molecule has 1 unspecified atom stereocenters. The normalized spacial score (nSPS) is 25.1. The molecule has 1 aliphatic rings. The van der Waals surface area contributed by atoms with Gasteiger partial charge in [0.1, 0.15) is 0 Å². The highest BCUT2D eigenvalue weighted by Crippen LogP contribution is 2.37. The van der Waals surface area contributed by atoms with Gasteiger partial charge in [-0.25, -0.2) is 0 Å². The molecule has 1 fully saturated rings. The summed E-state index contributed by atoms with van der Waals surface area (Å²) in [5.74, 6) is 0. The Kier molecular flexibility index (Phi) is 2.84. The average molecular weight is 221 g/mol. The number of para-hydroxylation sites is 1. The van der Waals surface area contributed by atoms with E-state index in [1.54, 1.807) is 0 Å². The molecule has 0 saturated carbocycles. The molecular formula is C12H19NOSi. The molecule has 1 atom stereocenters. The highest BCUT2D eigenvalue weighted by atomic mass is 28.4. The molecule has 0 aliphatic carbocycles. The number of rotatable bonds is 1. The molecule has 3 heteroatoms. The van der Waals surface area contributed by atoms with Gasteiger partial charge in [0.2, 0.25) is 0 Å². The number of anilines is 1. The van der Waals surface area contributed by atoms with Crippen molar-refractivity contribution in [1.29, 1.82) is 0 Å². The first-order valence-corrected chi connectivity index (χ1v) is 8.72. The molecule has 1 aromatic rings. The Morgan fingerprint density at radius 3 is 2.73 bits per heavy atom. The number of benzene rings is 1. The van der Waals surface area contributed by atoms with Gasteiger partial charge in [0.25, 0.3) is 0 Å². The van der Waals surface area contributed by atoms with E-state index in [0.29, 0.717) is 0 Å². The molecule has 2 N–H and O–H groups in total. The summed E-state index contributed by atoms with van der Waals surface area (Å²) in [7, 11) is -1.41. The van der Waals surface area contributed by atoms with Crippen LogP contribution >= 0.6 is 0 Å². The highest BCUT2D eigenvalue weighted by Gasteiger charge is 2.32. The average Bonchev–Trinajstić information content (AvgIpc) is 2.17. The van der Waals surface area contributed by atoms with Gasteiger partial charge in [-0.15, -0.1) is 0 Å². The highest BCUT2D eigenvalue weighted by molar-refractivity contribution is 6.71. The molecule has 2 rings (SSSR count). The summed E-state index contributed by atoms with van der Waals surface area (Å²) < 4.78 is 6.20. The lowest BCUT2D eigenvalue weighted by atomic mass is 10.0. The third-order valence-corrected chi connectivity index (χ3v) is 5.53. The molecule has 1 heterocycles. The Morgan fingerprint density at radius 1 is 1.33 bits per heavy atom. The molecule has 1 saturated heterocycles. The van der Waals surface area contributed by atoms with Crippen molar-refractivity contribution < 1.29 is 4.43 Å². The molecule has 0 radical (unpaired) electrons. The maximum absolute atomic E-state index is 6.20. The number of hydrogen-bond acceptors (Lipinski definition) is 2. The quantitative estimate of drug-likeness (QED) is 0.583. The van der Waals surface area contributed by atoms with Crippen LogP contribution in [0, 0.1) is 0 Å². The monoisotopic (exact) mass is 221 g/mol. The zero-order chi connectivity index (χ0) is 10.9. The van der Waals surface area contributed by atoms with Crippen LogP contribution in [-0.4, -0.2) is 8.32 Å². The summed E-state index contributed by atoms with van der Waals surface area (Å²) >= 11 is 0. The van der Waals surface area contributed by atoms with Gasteiger partial charge in [-0.05, 0) is 31.6 Å². The minimum Gasteiger partial charge on any atom is -0.410 e. The molecule has 1 aliphatic heterocycles. The summed E-state index contributed by atoms with van der Waals surface area (Å²) in [6.45, 7) is 4.58. The van der Waals surface area contributed by atoms with Crippen molar-refractivity contribution in [2.24, 2.45) is 0 Å².